The second kappa shape index (κ2) is 8.50. The maximum atomic E-state index is 12.9. The van der Waals surface area contributed by atoms with E-state index >= 15 is 0 Å². The van der Waals surface area contributed by atoms with Gasteiger partial charge in [0.1, 0.15) is 5.82 Å². The van der Waals surface area contributed by atoms with Gasteiger partial charge in [-0.2, -0.15) is 0 Å². The average molecular weight is 345 g/mol. The molecule has 8 heteroatoms. The molecule has 1 aliphatic heterocycles. The summed E-state index contributed by atoms with van der Waals surface area (Å²) in [5.74, 6) is -0.0775. The third-order valence-corrected chi connectivity index (χ3v) is 3.83. The molecule has 1 aromatic carbocycles. The Balaban J connectivity index is 1.47. The van der Waals surface area contributed by atoms with E-state index in [-0.39, 0.29) is 17.4 Å². The lowest BCUT2D eigenvalue weighted by Gasteiger charge is -2.26. The molecule has 3 rings (SSSR count). The summed E-state index contributed by atoms with van der Waals surface area (Å²) < 4.78 is 18.2. The SMILES string of the molecule is O=C(NCCN1CCOCC1)c1ccc(Nc2ccc(F)cc2)nn1. The van der Waals surface area contributed by atoms with Crippen molar-refractivity contribution in [3.63, 3.8) is 0 Å². The number of carbonyl (C=O) groups is 1. The zero-order valence-electron chi connectivity index (χ0n) is 13.7. The second-order valence-electron chi connectivity index (χ2n) is 5.65. The van der Waals surface area contributed by atoms with E-state index < -0.39 is 0 Å². The van der Waals surface area contributed by atoms with Crippen molar-refractivity contribution >= 4 is 17.4 Å². The quantitative estimate of drug-likeness (QED) is 0.824. The number of ether oxygens (including phenoxy) is 1. The molecule has 1 fully saturated rings. The summed E-state index contributed by atoms with van der Waals surface area (Å²) in [5, 5.41) is 13.7. The van der Waals surface area contributed by atoms with Gasteiger partial charge >= 0.3 is 0 Å². The smallest absolute Gasteiger partial charge is 0.271 e. The first kappa shape index (κ1) is 17.2. The highest BCUT2D eigenvalue weighted by atomic mass is 19.1. The molecule has 0 aliphatic carbocycles. The van der Waals surface area contributed by atoms with Gasteiger partial charge < -0.3 is 15.4 Å². The fourth-order valence-electron chi connectivity index (χ4n) is 2.44. The number of hydrogen-bond donors (Lipinski definition) is 2. The summed E-state index contributed by atoms with van der Waals surface area (Å²) in [5.41, 5.74) is 0.949. The Morgan fingerprint density at radius 3 is 2.56 bits per heavy atom. The number of nitrogens with zero attached hydrogens (tertiary/aromatic N) is 3. The van der Waals surface area contributed by atoms with Crippen molar-refractivity contribution in [3.8, 4) is 0 Å². The maximum Gasteiger partial charge on any atom is 0.271 e. The monoisotopic (exact) mass is 345 g/mol. The van der Waals surface area contributed by atoms with Gasteiger partial charge in [-0.25, -0.2) is 4.39 Å². The van der Waals surface area contributed by atoms with Crippen LogP contribution in [0.2, 0.25) is 0 Å². The van der Waals surface area contributed by atoms with Crippen molar-refractivity contribution < 1.29 is 13.9 Å². The highest BCUT2D eigenvalue weighted by Crippen LogP contribution is 2.14. The van der Waals surface area contributed by atoms with Crippen LogP contribution in [0.1, 0.15) is 10.5 Å². The molecule has 0 radical (unpaired) electrons. The molecule has 0 saturated carbocycles. The molecule has 0 unspecified atom stereocenters. The predicted molar refractivity (Wildman–Crippen MR) is 91.3 cm³/mol. The molecular formula is C17H20FN5O2. The lowest BCUT2D eigenvalue weighted by atomic mass is 10.3. The standard InChI is InChI=1S/C17H20FN5O2/c18-13-1-3-14(4-2-13)20-16-6-5-15(21-22-16)17(24)19-7-8-23-9-11-25-12-10-23/h1-6H,7-12H2,(H,19,24)(H,20,22). The summed E-state index contributed by atoms with van der Waals surface area (Å²) in [6.45, 7) is 4.59. The average Bonchev–Trinajstić information content (AvgIpc) is 2.65. The van der Waals surface area contributed by atoms with Crippen molar-refractivity contribution in [2.75, 3.05) is 44.7 Å². The number of hydrogen-bond acceptors (Lipinski definition) is 6. The lowest BCUT2D eigenvalue weighted by Crippen LogP contribution is -2.41. The Kier molecular flexibility index (Phi) is 5.86. The van der Waals surface area contributed by atoms with E-state index in [1.54, 1.807) is 24.3 Å². The summed E-state index contributed by atoms with van der Waals surface area (Å²) in [7, 11) is 0. The lowest BCUT2D eigenvalue weighted by molar-refractivity contribution is 0.0383. The van der Waals surface area contributed by atoms with Crippen LogP contribution < -0.4 is 10.6 Å². The van der Waals surface area contributed by atoms with E-state index in [9.17, 15) is 9.18 Å². The van der Waals surface area contributed by atoms with Gasteiger partial charge in [-0.05, 0) is 36.4 Å². The first-order valence-corrected chi connectivity index (χ1v) is 8.15. The minimum atomic E-state index is -0.305. The number of anilines is 2. The number of amides is 1. The van der Waals surface area contributed by atoms with Crippen molar-refractivity contribution in [1.82, 2.24) is 20.4 Å². The molecule has 1 aliphatic rings. The first-order valence-electron chi connectivity index (χ1n) is 8.15. The maximum absolute atomic E-state index is 12.9. The molecule has 132 valence electrons. The van der Waals surface area contributed by atoms with Crippen molar-refractivity contribution in [2.24, 2.45) is 0 Å². The van der Waals surface area contributed by atoms with Gasteiger partial charge in [0.05, 0.1) is 13.2 Å². The molecule has 2 N–H and O–H groups in total. The van der Waals surface area contributed by atoms with E-state index in [1.807, 2.05) is 0 Å². The fourth-order valence-corrected chi connectivity index (χ4v) is 2.44. The predicted octanol–water partition coefficient (Wildman–Crippen LogP) is 1.42. The normalized spacial score (nSPS) is 14.9. The zero-order chi connectivity index (χ0) is 17.5. The van der Waals surface area contributed by atoms with E-state index in [0.29, 0.717) is 18.1 Å². The Bertz CT molecular complexity index is 687. The molecule has 0 atom stereocenters. The number of aromatic nitrogens is 2. The van der Waals surface area contributed by atoms with E-state index in [1.165, 1.54) is 12.1 Å². The fraction of sp³-hybridized carbons (Fsp3) is 0.353. The third kappa shape index (κ3) is 5.20. The van der Waals surface area contributed by atoms with Gasteiger partial charge in [-0.3, -0.25) is 9.69 Å². The third-order valence-electron chi connectivity index (χ3n) is 3.83. The van der Waals surface area contributed by atoms with Crippen LogP contribution in [0.5, 0.6) is 0 Å². The number of halogens is 1. The molecule has 0 bridgehead atoms. The Labute approximate surface area is 145 Å². The van der Waals surface area contributed by atoms with Crippen molar-refractivity contribution in [3.05, 3.63) is 47.9 Å². The number of nitrogens with one attached hydrogen (secondary N) is 2. The van der Waals surface area contributed by atoms with Crippen LogP contribution in [0.25, 0.3) is 0 Å². The van der Waals surface area contributed by atoms with Crippen molar-refractivity contribution in [2.45, 2.75) is 0 Å². The van der Waals surface area contributed by atoms with Crippen LogP contribution in [-0.2, 0) is 4.74 Å². The van der Waals surface area contributed by atoms with Gasteiger partial charge in [-0.1, -0.05) is 0 Å². The van der Waals surface area contributed by atoms with E-state index in [2.05, 4.69) is 25.7 Å². The molecular weight excluding hydrogens is 325 g/mol. The molecule has 25 heavy (non-hydrogen) atoms. The van der Waals surface area contributed by atoms with Gasteiger partial charge in [0, 0.05) is 31.9 Å². The Morgan fingerprint density at radius 2 is 1.88 bits per heavy atom. The summed E-state index contributed by atoms with van der Waals surface area (Å²) in [6.07, 6.45) is 0. The highest BCUT2D eigenvalue weighted by molar-refractivity contribution is 5.92. The minimum absolute atomic E-state index is 0.255. The van der Waals surface area contributed by atoms with Gasteiger partial charge in [0.15, 0.2) is 11.5 Å². The van der Waals surface area contributed by atoms with Crippen molar-refractivity contribution in [1.29, 1.82) is 0 Å². The minimum Gasteiger partial charge on any atom is -0.379 e. The van der Waals surface area contributed by atoms with E-state index in [4.69, 9.17) is 4.74 Å². The second-order valence-corrected chi connectivity index (χ2v) is 5.65. The molecule has 1 aromatic heterocycles. The number of carbonyl (C=O) groups excluding carboxylic acids is 1. The Morgan fingerprint density at radius 1 is 1.12 bits per heavy atom. The molecule has 0 spiro atoms. The van der Waals surface area contributed by atoms with Crippen LogP contribution in [0, 0.1) is 5.82 Å². The summed E-state index contributed by atoms with van der Waals surface area (Å²) >= 11 is 0. The van der Waals surface area contributed by atoms with Gasteiger partial charge in [0.25, 0.3) is 5.91 Å². The largest absolute Gasteiger partial charge is 0.379 e. The summed E-state index contributed by atoms with van der Waals surface area (Å²) in [4.78, 5) is 14.3. The summed E-state index contributed by atoms with van der Waals surface area (Å²) in [6, 6.07) is 9.17. The van der Waals surface area contributed by atoms with Gasteiger partial charge in [-0.15, -0.1) is 10.2 Å². The first-order chi connectivity index (χ1) is 12.2. The molecule has 1 saturated heterocycles. The van der Waals surface area contributed by atoms with Crippen LogP contribution in [0.15, 0.2) is 36.4 Å². The molecule has 2 aromatic rings. The Hall–Kier alpha value is -2.58. The molecule has 7 nitrogen and oxygen atoms in total. The number of benzene rings is 1. The zero-order valence-corrected chi connectivity index (χ0v) is 13.7. The number of rotatable bonds is 6. The molecule has 2 heterocycles. The highest BCUT2D eigenvalue weighted by Gasteiger charge is 2.12. The van der Waals surface area contributed by atoms with E-state index in [0.717, 1.165) is 32.8 Å². The van der Waals surface area contributed by atoms with Crippen LogP contribution in [-0.4, -0.2) is 60.4 Å². The molecule has 1 amide bonds. The van der Waals surface area contributed by atoms with Gasteiger partial charge in [0.2, 0.25) is 0 Å². The van der Waals surface area contributed by atoms with Crippen LogP contribution >= 0.6 is 0 Å². The van der Waals surface area contributed by atoms with Crippen LogP contribution in [0.3, 0.4) is 0 Å². The van der Waals surface area contributed by atoms with Crippen LogP contribution in [0.4, 0.5) is 15.9 Å². The number of morpholine rings is 1. The topological polar surface area (TPSA) is 79.4 Å².